The van der Waals surface area contributed by atoms with E-state index in [0.717, 1.165) is 26.1 Å². The van der Waals surface area contributed by atoms with Crippen LogP contribution in [0, 0.1) is 0 Å². The number of rotatable bonds is 10. The van der Waals surface area contributed by atoms with Gasteiger partial charge in [-0.1, -0.05) is 13.3 Å². The molecule has 5 nitrogen and oxygen atoms in total. The van der Waals surface area contributed by atoms with Gasteiger partial charge in [-0.15, -0.1) is 0 Å². The van der Waals surface area contributed by atoms with Crippen molar-refractivity contribution in [2.45, 2.75) is 39.2 Å². The normalized spacial score (nSPS) is 13.7. The fraction of sp³-hybridized carbons (Fsp3) is 0.917. The monoisotopic (exact) mass is 245 g/mol. The quantitative estimate of drug-likeness (QED) is 0.344. The van der Waals surface area contributed by atoms with Gasteiger partial charge in [0.15, 0.2) is 5.96 Å². The van der Waals surface area contributed by atoms with Crippen molar-refractivity contribution < 1.29 is 9.47 Å². The molecule has 0 amide bonds. The molecular formula is C12H27N3O2. The third-order valence-electron chi connectivity index (χ3n) is 2.18. The average molecular weight is 245 g/mol. The summed E-state index contributed by atoms with van der Waals surface area (Å²) in [5.41, 5.74) is 5.71. The Balaban J connectivity index is 3.43. The predicted molar refractivity (Wildman–Crippen MR) is 71.3 cm³/mol. The summed E-state index contributed by atoms with van der Waals surface area (Å²) in [6.45, 7) is 7.07. The Hall–Kier alpha value is -0.810. The van der Waals surface area contributed by atoms with Crippen molar-refractivity contribution in [3.63, 3.8) is 0 Å². The Morgan fingerprint density at radius 2 is 2.06 bits per heavy atom. The standard InChI is InChI=1S/C12H27N3O2/c1-4-5-8-17-9-6-7-14-12(13)15-11(2)10-16-3/h11H,4-10H2,1-3H3,(H3,13,14,15). The van der Waals surface area contributed by atoms with Gasteiger partial charge in [0.1, 0.15) is 0 Å². The van der Waals surface area contributed by atoms with E-state index in [1.54, 1.807) is 7.11 Å². The van der Waals surface area contributed by atoms with Gasteiger partial charge in [-0.2, -0.15) is 0 Å². The van der Waals surface area contributed by atoms with Gasteiger partial charge in [0.05, 0.1) is 6.61 Å². The van der Waals surface area contributed by atoms with Crippen LogP contribution in [0.1, 0.15) is 33.1 Å². The molecule has 0 bridgehead atoms. The molecule has 17 heavy (non-hydrogen) atoms. The predicted octanol–water partition coefficient (Wildman–Crippen LogP) is 1.13. The molecule has 0 saturated heterocycles. The molecule has 0 aliphatic carbocycles. The molecule has 1 atom stereocenters. The lowest BCUT2D eigenvalue weighted by Gasteiger charge is -2.12. The van der Waals surface area contributed by atoms with Gasteiger partial charge >= 0.3 is 0 Å². The Bertz CT molecular complexity index is 198. The summed E-state index contributed by atoms with van der Waals surface area (Å²) in [5, 5.41) is 3.05. The zero-order chi connectivity index (χ0) is 12.9. The van der Waals surface area contributed by atoms with Crippen molar-refractivity contribution in [1.29, 1.82) is 0 Å². The van der Waals surface area contributed by atoms with Crippen LogP contribution in [-0.2, 0) is 9.47 Å². The minimum absolute atomic E-state index is 0.185. The minimum Gasteiger partial charge on any atom is -0.383 e. The van der Waals surface area contributed by atoms with Crippen molar-refractivity contribution in [3.05, 3.63) is 0 Å². The zero-order valence-corrected chi connectivity index (χ0v) is 11.4. The molecule has 0 aromatic carbocycles. The summed E-state index contributed by atoms with van der Waals surface area (Å²) in [6, 6.07) is 0.185. The largest absolute Gasteiger partial charge is 0.383 e. The van der Waals surface area contributed by atoms with Crippen LogP contribution in [0.15, 0.2) is 4.99 Å². The van der Waals surface area contributed by atoms with Crippen molar-refractivity contribution >= 4 is 5.96 Å². The van der Waals surface area contributed by atoms with Crippen LogP contribution >= 0.6 is 0 Å². The highest BCUT2D eigenvalue weighted by atomic mass is 16.5. The van der Waals surface area contributed by atoms with Crippen LogP contribution in [0.5, 0.6) is 0 Å². The number of ether oxygens (including phenoxy) is 2. The summed E-state index contributed by atoms with van der Waals surface area (Å²) < 4.78 is 10.4. The molecule has 0 aromatic heterocycles. The van der Waals surface area contributed by atoms with Crippen LogP contribution in [0.2, 0.25) is 0 Å². The Kier molecular flexibility index (Phi) is 11.1. The van der Waals surface area contributed by atoms with E-state index in [1.165, 1.54) is 6.42 Å². The van der Waals surface area contributed by atoms with E-state index in [2.05, 4.69) is 17.2 Å². The van der Waals surface area contributed by atoms with Crippen LogP contribution in [0.4, 0.5) is 0 Å². The van der Waals surface area contributed by atoms with E-state index in [0.29, 0.717) is 19.1 Å². The highest BCUT2D eigenvalue weighted by molar-refractivity contribution is 5.78. The molecule has 0 aliphatic heterocycles. The smallest absolute Gasteiger partial charge is 0.188 e. The first-order chi connectivity index (χ1) is 8.20. The summed E-state index contributed by atoms with van der Waals surface area (Å²) in [5.74, 6) is 0.475. The lowest BCUT2D eigenvalue weighted by atomic mass is 10.3. The summed E-state index contributed by atoms with van der Waals surface area (Å²) in [4.78, 5) is 4.21. The van der Waals surface area contributed by atoms with Gasteiger partial charge in [-0.05, 0) is 19.8 Å². The molecule has 1 unspecified atom stereocenters. The van der Waals surface area contributed by atoms with Gasteiger partial charge < -0.3 is 20.5 Å². The topological polar surface area (TPSA) is 68.9 Å². The minimum atomic E-state index is 0.185. The number of methoxy groups -OCH3 is 1. The molecule has 0 aromatic rings. The maximum atomic E-state index is 5.71. The molecule has 0 rings (SSSR count). The fourth-order valence-electron chi connectivity index (χ4n) is 1.30. The Morgan fingerprint density at radius 1 is 1.35 bits per heavy atom. The zero-order valence-electron chi connectivity index (χ0n) is 11.4. The van der Waals surface area contributed by atoms with Crippen LogP contribution in [-0.4, -0.2) is 45.5 Å². The van der Waals surface area contributed by atoms with E-state index in [9.17, 15) is 0 Å². The van der Waals surface area contributed by atoms with E-state index in [1.807, 2.05) is 6.92 Å². The number of hydrogen-bond donors (Lipinski definition) is 2. The molecule has 0 radical (unpaired) electrons. The second-order valence-corrected chi connectivity index (χ2v) is 4.09. The molecule has 0 heterocycles. The third kappa shape index (κ3) is 11.5. The second-order valence-electron chi connectivity index (χ2n) is 4.09. The average Bonchev–Trinajstić information content (AvgIpc) is 2.28. The molecule has 0 fully saturated rings. The number of hydrogen-bond acceptors (Lipinski definition) is 3. The number of guanidine groups is 1. The fourth-order valence-corrected chi connectivity index (χ4v) is 1.30. The number of nitrogens with zero attached hydrogens (tertiary/aromatic N) is 1. The Morgan fingerprint density at radius 3 is 2.71 bits per heavy atom. The molecule has 0 saturated carbocycles. The molecule has 0 aliphatic rings. The highest BCUT2D eigenvalue weighted by Crippen LogP contribution is 1.90. The maximum Gasteiger partial charge on any atom is 0.188 e. The lowest BCUT2D eigenvalue weighted by molar-refractivity contribution is 0.130. The van der Waals surface area contributed by atoms with E-state index in [4.69, 9.17) is 15.2 Å². The first-order valence-electron chi connectivity index (χ1n) is 6.33. The van der Waals surface area contributed by atoms with Gasteiger partial charge in [0.25, 0.3) is 0 Å². The lowest BCUT2D eigenvalue weighted by Crippen LogP contribution is -2.40. The molecule has 3 N–H and O–H groups in total. The van der Waals surface area contributed by atoms with Crippen molar-refractivity contribution in [3.8, 4) is 0 Å². The number of nitrogens with one attached hydrogen (secondary N) is 1. The summed E-state index contributed by atoms with van der Waals surface area (Å²) in [6.07, 6.45) is 3.21. The number of unbranched alkanes of at least 4 members (excludes halogenated alkanes) is 1. The van der Waals surface area contributed by atoms with Crippen molar-refractivity contribution in [2.75, 3.05) is 33.5 Å². The third-order valence-corrected chi connectivity index (χ3v) is 2.18. The van der Waals surface area contributed by atoms with Gasteiger partial charge in [0, 0.05) is 32.9 Å². The molecule has 5 heteroatoms. The van der Waals surface area contributed by atoms with E-state index >= 15 is 0 Å². The van der Waals surface area contributed by atoms with Gasteiger partial charge in [-0.3, -0.25) is 4.99 Å². The highest BCUT2D eigenvalue weighted by Gasteiger charge is 2.00. The van der Waals surface area contributed by atoms with Crippen molar-refractivity contribution in [2.24, 2.45) is 10.7 Å². The molecule has 0 spiro atoms. The van der Waals surface area contributed by atoms with Crippen molar-refractivity contribution in [1.82, 2.24) is 5.32 Å². The van der Waals surface area contributed by atoms with Crippen LogP contribution in [0.25, 0.3) is 0 Å². The molecular weight excluding hydrogens is 218 g/mol. The van der Waals surface area contributed by atoms with Crippen LogP contribution in [0.3, 0.4) is 0 Å². The molecule has 102 valence electrons. The first kappa shape index (κ1) is 16.2. The summed E-state index contributed by atoms with van der Waals surface area (Å²) >= 11 is 0. The SMILES string of the molecule is CCCCOCCCN=C(N)NC(C)COC. The maximum absolute atomic E-state index is 5.71. The van der Waals surface area contributed by atoms with Gasteiger partial charge in [-0.25, -0.2) is 0 Å². The van der Waals surface area contributed by atoms with E-state index < -0.39 is 0 Å². The Labute approximate surface area is 105 Å². The number of aliphatic imine (C=N–C) groups is 1. The second kappa shape index (κ2) is 11.7. The van der Waals surface area contributed by atoms with Crippen LogP contribution < -0.4 is 11.1 Å². The number of nitrogens with two attached hydrogens (primary N) is 1. The summed E-state index contributed by atoms with van der Waals surface area (Å²) in [7, 11) is 1.67. The van der Waals surface area contributed by atoms with E-state index in [-0.39, 0.29) is 6.04 Å². The first-order valence-corrected chi connectivity index (χ1v) is 6.33. The van der Waals surface area contributed by atoms with Gasteiger partial charge in [0.2, 0.25) is 0 Å².